The Morgan fingerprint density at radius 2 is 1.82 bits per heavy atom. The Bertz CT molecular complexity index is 1660. The van der Waals surface area contributed by atoms with Gasteiger partial charge < -0.3 is 19.4 Å². The van der Waals surface area contributed by atoms with Gasteiger partial charge >= 0.3 is 5.69 Å². The first-order valence-electron chi connectivity index (χ1n) is 10.5. The molecular weight excluding hydrogens is 438 g/mol. The van der Waals surface area contributed by atoms with Crippen molar-refractivity contribution in [1.82, 2.24) is 24.1 Å². The zero-order valence-corrected chi connectivity index (χ0v) is 18.4. The molecule has 0 saturated carbocycles. The molecule has 0 aliphatic rings. The Morgan fingerprint density at radius 1 is 1.06 bits per heavy atom. The molecule has 0 aliphatic carbocycles. The van der Waals surface area contributed by atoms with Gasteiger partial charge in [0.1, 0.15) is 5.75 Å². The summed E-state index contributed by atoms with van der Waals surface area (Å²) in [5.41, 5.74) is 1.26. The van der Waals surface area contributed by atoms with E-state index in [1.54, 1.807) is 17.7 Å². The number of nitrogens with zero attached hydrogens (tertiary/aromatic N) is 5. The largest absolute Gasteiger partial charge is 0.497 e. The second-order valence-electron chi connectivity index (χ2n) is 7.72. The van der Waals surface area contributed by atoms with Gasteiger partial charge in [0.2, 0.25) is 5.88 Å². The van der Waals surface area contributed by atoms with Crippen LogP contribution < -0.4 is 16.0 Å². The maximum atomic E-state index is 12.7. The van der Waals surface area contributed by atoms with E-state index in [4.69, 9.17) is 4.74 Å². The quantitative estimate of drug-likeness (QED) is 0.334. The van der Waals surface area contributed by atoms with E-state index in [1.807, 2.05) is 42.5 Å². The first kappa shape index (κ1) is 21.2. The summed E-state index contributed by atoms with van der Waals surface area (Å²) in [6.45, 7) is 0.359. The van der Waals surface area contributed by atoms with Crippen molar-refractivity contribution in [1.29, 1.82) is 0 Å². The molecule has 3 N–H and O–H groups in total. The fourth-order valence-corrected chi connectivity index (χ4v) is 3.85. The number of aromatic hydroxyl groups is 1. The topological polar surface area (TPSA) is 143 Å². The lowest BCUT2D eigenvalue weighted by molar-refractivity contribution is 0.414. The van der Waals surface area contributed by atoms with Crippen molar-refractivity contribution in [3.05, 3.63) is 74.9 Å². The van der Waals surface area contributed by atoms with Crippen molar-refractivity contribution in [2.45, 2.75) is 13.0 Å². The zero-order chi connectivity index (χ0) is 23.8. The molecule has 0 amide bonds. The number of fused-ring (bicyclic) bond motifs is 2. The van der Waals surface area contributed by atoms with Crippen molar-refractivity contribution < 1.29 is 9.84 Å². The summed E-state index contributed by atoms with van der Waals surface area (Å²) >= 11 is 0. The van der Waals surface area contributed by atoms with Gasteiger partial charge in [-0.1, -0.05) is 30.3 Å². The standard InChI is InChI=1S/C23H21N7O4/c1-29-19-18(21(32)26-23(29)33)30(12-11-13-7-9-14(34-2)10-8-13)22(25-19)28-27-17-15-5-3-4-6-16(15)24-20(17)31/h3-10,24,31H,11-12H2,1-2H3,(H,26,32,33). The van der Waals surface area contributed by atoms with Crippen molar-refractivity contribution >= 4 is 33.7 Å². The summed E-state index contributed by atoms with van der Waals surface area (Å²) in [6.07, 6.45) is 0.568. The Hall–Kier alpha value is -4.67. The normalized spacial score (nSPS) is 11.7. The van der Waals surface area contributed by atoms with E-state index >= 15 is 0 Å². The minimum Gasteiger partial charge on any atom is -0.497 e. The molecule has 34 heavy (non-hydrogen) atoms. The SMILES string of the molecule is COc1ccc(CCn2c(N=Nc3c(O)[nH]c4ccccc34)nc3c2c(=O)[nH]c(=O)n3C)cc1. The van der Waals surface area contributed by atoms with Crippen LogP contribution in [0.3, 0.4) is 0 Å². The van der Waals surface area contributed by atoms with Crippen LogP contribution in [0.2, 0.25) is 0 Å². The lowest BCUT2D eigenvalue weighted by atomic mass is 10.1. The summed E-state index contributed by atoms with van der Waals surface area (Å²) in [5, 5.41) is 19.5. The smallest absolute Gasteiger partial charge is 0.329 e. The molecule has 5 rings (SSSR count). The van der Waals surface area contributed by atoms with Gasteiger partial charge in [0.05, 0.1) is 12.6 Å². The van der Waals surface area contributed by atoms with Gasteiger partial charge in [-0.3, -0.25) is 14.3 Å². The molecular formula is C23H21N7O4. The molecule has 2 aromatic carbocycles. The lowest BCUT2D eigenvalue weighted by Crippen LogP contribution is -2.29. The molecule has 11 heteroatoms. The number of H-pyrrole nitrogens is 2. The molecule has 0 bridgehead atoms. The number of aryl methyl sites for hydroxylation is 3. The maximum absolute atomic E-state index is 12.7. The van der Waals surface area contributed by atoms with E-state index in [1.165, 1.54) is 11.6 Å². The summed E-state index contributed by atoms with van der Waals surface area (Å²) < 4.78 is 8.07. The molecule has 0 radical (unpaired) electrons. The van der Waals surface area contributed by atoms with Crippen molar-refractivity contribution in [2.24, 2.45) is 17.3 Å². The third-order valence-corrected chi connectivity index (χ3v) is 5.67. The Labute approximate surface area is 192 Å². The summed E-state index contributed by atoms with van der Waals surface area (Å²) in [4.78, 5) is 34.4. The number of aromatic nitrogens is 5. The molecule has 3 aromatic heterocycles. The zero-order valence-electron chi connectivity index (χ0n) is 18.4. The van der Waals surface area contributed by atoms with Crippen molar-refractivity contribution in [2.75, 3.05) is 7.11 Å². The van der Waals surface area contributed by atoms with Crippen molar-refractivity contribution in [3.8, 4) is 11.6 Å². The highest BCUT2D eigenvalue weighted by Gasteiger charge is 2.18. The van der Waals surface area contributed by atoms with Crippen molar-refractivity contribution in [3.63, 3.8) is 0 Å². The van der Waals surface area contributed by atoms with E-state index in [2.05, 4.69) is 25.2 Å². The van der Waals surface area contributed by atoms with Gasteiger partial charge in [-0.15, -0.1) is 10.2 Å². The average molecular weight is 459 g/mol. The highest BCUT2D eigenvalue weighted by atomic mass is 16.5. The fraction of sp³-hybridized carbons (Fsp3) is 0.174. The number of rotatable bonds is 6. The molecule has 0 fully saturated rings. The number of nitrogens with one attached hydrogen (secondary N) is 2. The van der Waals surface area contributed by atoms with Crippen LogP contribution in [0.4, 0.5) is 11.6 Å². The van der Waals surface area contributed by atoms with Crippen LogP contribution in [-0.2, 0) is 20.0 Å². The fourth-order valence-electron chi connectivity index (χ4n) is 3.85. The molecule has 5 aromatic rings. The Balaban J connectivity index is 1.60. The van der Waals surface area contributed by atoms with Gasteiger partial charge in [-0.25, -0.2) is 4.79 Å². The third-order valence-electron chi connectivity index (χ3n) is 5.67. The molecule has 0 saturated heterocycles. The second kappa shape index (κ2) is 8.35. The number of hydrogen-bond acceptors (Lipinski definition) is 7. The molecule has 0 unspecified atom stereocenters. The van der Waals surface area contributed by atoms with E-state index in [0.29, 0.717) is 23.9 Å². The number of aromatic amines is 2. The van der Waals surface area contributed by atoms with E-state index in [-0.39, 0.29) is 28.7 Å². The van der Waals surface area contributed by atoms with Gasteiger partial charge in [0, 0.05) is 19.0 Å². The lowest BCUT2D eigenvalue weighted by Gasteiger charge is -2.07. The molecule has 0 spiro atoms. The van der Waals surface area contributed by atoms with Crippen LogP contribution in [0.25, 0.3) is 22.1 Å². The van der Waals surface area contributed by atoms with Crippen LogP contribution in [0.5, 0.6) is 11.6 Å². The third kappa shape index (κ3) is 3.62. The van der Waals surface area contributed by atoms with Crippen LogP contribution in [-0.4, -0.2) is 36.3 Å². The molecule has 172 valence electrons. The Kier molecular flexibility index (Phi) is 5.21. The average Bonchev–Trinajstić information content (AvgIpc) is 3.37. The second-order valence-corrected chi connectivity index (χ2v) is 7.72. The predicted octanol–water partition coefficient (Wildman–Crippen LogP) is 3.28. The number of benzene rings is 2. The number of azo groups is 1. The Morgan fingerprint density at radius 3 is 2.59 bits per heavy atom. The number of imidazole rings is 1. The van der Waals surface area contributed by atoms with Crippen LogP contribution in [0, 0.1) is 0 Å². The highest BCUT2D eigenvalue weighted by molar-refractivity contribution is 5.94. The van der Waals surface area contributed by atoms with Gasteiger partial charge in [0.25, 0.3) is 11.5 Å². The molecule has 0 aliphatic heterocycles. The van der Waals surface area contributed by atoms with E-state index in [0.717, 1.165) is 11.3 Å². The molecule has 0 atom stereocenters. The molecule has 3 heterocycles. The van der Waals surface area contributed by atoms with Gasteiger partial charge in [-0.05, 0) is 30.2 Å². The summed E-state index contributed by atoms with van der Waals surface area (Å²) in [7, 11) is 3.12. The van der Waals surface area contributed by atoms with Crippen LogP contribution in [0.15, 0.2) is 68.3 Å². The summed E-state index contributed by atoms with van der Waals surface area (Å²) in [6, 6.07) is 14.9. The number of methoxy groups -OCH3 is 1. The monoisotopic (exact) mass is 459 g/mol. The van der Waals surface area contributed by atoms with Gasteiger partial charge in [0.15, 0.2) is 16.9 Å². The minimum absolute atomic E-state index is 0.129. The maximum Gasteiger partial charge on any atom is 0.329 e. The van der Waals surface area contributed by atoms with Gasteiger partial charge in [-0.2, -0.15) is 4.98 Å². The number of ether oxygens (including phenoxy) is 1. The van der Waals surface area contributed by atoms with E-state index in [9.17, 15) is 14.7 Å². The number of para-hydroxylation sites is 1. The first-order valence-corrected chi connectivity index (χ1v) is 10.5. The van der Waals surface area contributed by atoms with Crippen LogP contribution >= 0.6 is 0 Å². The highest BCUT2D eigenvalue weighted by Crippen LogP contribution is 2.36. The number of hydrogen-bond donors (Lipinski definition) is 3. The molecule has 11 nitrogen and oxygen atoms in total. The van der Waals surface area contributed by atoms with E-state index < -0.39 is 11.2 Å². The minimum atomic E-state index is -0.574. The predicted molar refractivity (Wildman–Crippen MR) is 126 cm³/mol. The van der Waals surface area contributed by atoms with Crippen LogP contribution in [0.1, 0.15) is 5.56 Å². The summed E-state index contributed by atoms with van der Waals surface area (Å²) in [5.74, 6) is 0.757. The first-order chi connectivity index (χ1) is 16.5.